The predicted octanol–water partition coefficient (Wildman–Crippen LogP) is 3.45. The van der Waals surface area contributed by atoms with Crippen molar-refractivity contribution in [1.82, 2.24) is 30.8 Å². The minimum Gasteiger partial charge on any atom is -0.332 e. The normalized spacial score (nSPS) is 34.0. The van der Waals surface area contributed by atoms with E-state index in [4.69, 9.17) is 0 Å². The van der Waals surface area contributed by atoms with Crippen LogP contribution in [0.4, 0.5) is 4.79 Å². The second-order valence-corrected chi connectivity index (χ2v) is 11.4. The first kappa shape index (κ1) is 20.3. The highest BCUT2D eigenvalue weighted by molar-refractivity contribution is 8.00. The molecule has 2 N–H and O–H groups in total. The van der Waals surface area contributed by atoms with Crippen LogP contribution in [0, 0.1) is 17.8 Å². The fraction of sp³-hybridized carbons (Fsp3) is 0.857. The molecular weight excluding hydrogens is 400 g/mol. The quantitative estimate of drug-likeness (QED) is 0.691. The number of imide groups is 1. The summed E-state index contributed by atoms with van der Waals surface area (Å²) >= 11 is 1.33. The molecule has 1 aromatic rings. The number of thioether (sulfide) groups is 1. The van der Waals surface area contributed by atoms with E-state index in [0.29, 0.717) is 11.2 Å². The van der Waals surface area contributed by atoms with E-state index >= 15 is 0 Å². The summed E-state index contributed by atoms with van der Waals surface area (Å²) in [4.78, 5) is 25.3. The molecule has 3 amide bonds. The molecule has 164 valence electrons. The van der Waals surface area contributed by atoms with Crippen molar-refractivity contribution in [2.45, 2.75) is 99.5 Å². The Labute approximate surface area is 181 Å². The average molecular weight is 433 g/mol. The van der Waals surface area contributed by atoms with Gasteiger partial charge in [-0.15, -0.1) is 5.10 Å². The summed E-state index contributed by atoms with van der Waals surface area (Å²) in [5.41, 5.74) is -0.0967. The van der Waals surface area contributed by atoms with Crippen LogP contribution in [-0.4, -0.2) is 42.9 Å². The maximum Gasteiger partial charge on any atom is 0.321 e. The van der Waals surface area contributed by atoms with E-state index in [1.165, 1.54) is 50.3 Å². The molecule has 0 aromatic carbocycles. The van der Waals surface area contributed by atoms with E-state index in [1.54, 1.807) is 6.92 Å². The van der Waals surface area contributed by atoms with Crippen molar-refractivity contribution in [2.75, 3.05) is 0 Å². The van der Waals surface area contributed by atoms with Gasteiger partial charge in [-0.1, -0.05) is 31.0 Å². The van der Waals surface area contributed by atoms with Crippen molar-refractivity contribution in [2.24, 2.45) is 17.8 Å². The van der Waals surface area contributed by atoms with Crippen molar-refractivity contribution in [3.63, 3.8) is 0 Å². The third-order valence-electron chi connectivity index (χ3n) is 7.69. The van der Waals surface area contributed by atoms with Crippen molar-refractivity contribution < 1.29 is 9.59 Å². The molecule has 5 saturated carbocycles. The van der Waals surface area contributed by atoms with Gasteiger partial charge >= 0.3 is 6.03 Å². The lowest BCUT2D eigenvalue weighted by atomic mass is 9.53. The Bertz CT molecular complexity index is 770. The highest BCUT2D eigenvalue weighted by Crippen LogP contribution is 2.55. The van der Waals surface area contributed by atoms with Gasteiger partial charge < -0.3 is 5.32 Å². The summed E-state index contributed by atoms with van der Waals surface area (Å²) in [6.45, 7) is 1.80. The van der Waals surface area contributed by atoms with Gasteiger partial charge in [0.25, 0.3) is 0 Å². The molecular formula is C21H32N6O2S. The molecule has 0 spiro atoms. The zero-order valence-electron chi connectivity index (χ0n) is 17.7. The number of amides is 3. The van der Waals surface area contributed by atoms with Crippen LogP contribution in [0.1, 0.15) is 83.6 Å². The van der Waals surface area contributed by atoms with Crippen molar-refractivity contribution in [1.29, 1.82) is 0 Å². The minimum absolute atomic E-state index is 0.0967. The van der Waals surface area contributed by atoms with Gasteiger partial charge in [0.2, 0.25) is 11.1 Å². The Hall–Kier alpha value is -1.64. The number of carbonyl (C=O) groups excluding carboxylic acids is 2. The van der Waals surface area contributed by atoms with Crippen molar-refractivity contribution in [3.8, 4) is 0 Å². The van der Waals surface area contributed by atoms with Crippen LogP contribution in [0.5, 0.6) is 0 Å². The van der Waals surface area contributed by atoms with Gasteiger partial charge in [0.05, 0.1) is 11.3 Å². The zero-order valence-corrected chi connectivity index (χ0v) is 18.5. The molecule has 5 fully saturated rings. The number of nitrogens with one attached hydrogen (secondary N) is 2. The lowest BCUT2D eigenvalue weighted by Crippen LogP contribution is -2.62. The first-order valence-electron chi connectivity index (χ1n) is 11.6. The SMILES string of the molecule is C[C@H](Sc1nnnn1C1CCCCC1)C(=O)NC(=O)NC12CC3CC(CC(C3)C1)C2. The highest BCUT2D eigenvalue weighted by Gasteiger charge is 2.51. The maximum atomic E-state index is 12.7. The molecule has 9 heteroatoms. The molecule has 1 atom stereocenters. The summed E-state index contributed by atoms with van der Waals surface area (Å²) in [7, 11) is 0. The van der Waals surface area contributed by atoms with E-state index < -0.39 is 5.25 Å². The highest BCUT2D eigenvalue weighted by atomic mass is 32.2. The van der Waals surface area contributed by atoms with E-state index in [0.717, 1.165) is 49.9 Å². The molecule has 5 aliphatic rings. The second kappa shape index (κ2) is 8.13. The molecule has 0 saturated heterocycles. The summed E-state index contributed by atoms with van der Waals surface area (Å²) in [6, 6.07) is -0.0350. The monoisotopic (exact) mass is 432 g/mol. The van der Waals surface area contributed by atoms with Crippen LogP contribution in [0.25, 0.3) is 0 Å². The third kappa shape index (κ3) is 4.09. The van der Waals surface area contributed by atoms with Crippen molar-refractivity contribution >= 4 is 23.7 Å². The molecule has 0 aliphatic heterocycles. The summed E-state index contributed by atoms with van der Waals surface area (Å²) < 4.78 is 1.86. The Kier molecular flexibility index (Phi) is 5.49. The molecule has 30 heavy (non-hydrogen) atoms. The lowest BCUT2D eigenvalue weighted by Gasteiger charge is -2.56. The number of hydrogen-bond acceptors (Lipinski definition) is 6. The van der Waals surface area contributed by atoms with Gasteiger partial charge in [-0.2, -0.15) is 0 Å². The first-order valence-corrected chi connectivity index (χ1v) is 12.5. The number of carbonyl (C=O) groups is 2. The van der Waals surface area contributed by atoms with E-state index in [2.05, 4.69) is 26.2 Å². The van der Waals surface area contributed by atoms with Gasteiger partial charge in [-0.05, 0) is 86.5 Å². The predicted molar refractivity (Wildman–Crippen MR) is 113 cm³/mol. The minimum atomic E-state index is -0.444. The standard InChI is InChI=1S/C21H32N6O2S/c1-13(30-20-24-25-26-27(20)17-5-3-2-4-6-17)18(28)22-19(29)23-21-10-14-7-15(11-21)9-16(8-14)12-21/h13-17H,2-12H2,1H3,(H2,22,23,28,29)/t13-,14?,15?,16?,21?/m0/s1. The van der Waals surface area contributed by atoms with E-state index in [-0.39, 0.29) is 17.5 Å². The maximum absolute atomic E-state index is 12.7. The summed E-state index contributed by atoms with van der Waals surface area (Å²) in [5.74, 6) is 1.96. The number of nitrogens with zero attached hydrogens (tertiary/aromatic N) is 4. The van der Waals surface area contributed by atoms with Crippen LogP contribution in [0.2, 0.25) is 0 Å². The molecule has 0 unspecified atom stereocenters. The van der Waals surface area contributed by atoms with Crippen LogP contribution in [-0.2, 0) is 4.79 Å². The Morgan fingerprint density at radius 3 is 2.33 bits per heavy atom. The Morgan fingerprint density at radius 2 is 1.70 bits per heavy atom. The van der Waals surface area contributed by atoms with Crippen LogP contribution in [0.3, 0.4) is 0 Å². The average Bonchev–Trinajstić information content (AvgIpc) is 3.15. The van der Waals surface area contributed by atoms with Gasteiger partial charge in [0.15, 0.2) is 0 Å². The second-order valence-electron chi connectivity index (χ2n) is 10.1. The Morgan fingerprint density at radius 1 is 1.07 bits per heavy atom. The Balaban J connectivity index is 1.16. The molecule has 0 radical (unpaired) electrons. The van der Waals surface area contributed by atoms with E-state index in [1.807, 2.05) is 4.68 Å². The van der Waals surface area contributed by atoms with Gasteiger partial charge in [-0.25, -0.2) is 9.48 Å². The molecule has 4 bridgehead atoms. The number of hydrogen-bond donors (Lipinski definition) is 2. The lowest BCUT2D eigenvalue weighted by molar-refractivity contribution is -0.119. The molecule has 5 aliphatic carbocycles. The van der Waals surface area contributed by atoms with Crippen LogP contribution < -0.4 is 10.6 Å². The number of tetrazole rings is 1. The number of urea groups is 1. The van der Waals surface area contributed by atoms with Crippen LogP contribution >= 0.6 is 11.8 Å². The van der Waals surface area contributed by atoms with Crippen molar-refractivity contribution in [3.05, 3.63) is 0 Å². The fourth-order valence-corrected chi connectivity index (χ4v) is 7.64. The smallest absolute Gasteiger partial charge is 0.321 e. The third-order valence-corrected chi connectivity index (χ3v) is 8.74. The molecule has 6 rings (SSSR count). The molecule has 1 heterocycles. The molecule has 8 nitrogen and oxygen atoms in total. The van der Waals surface area contributed by atoms with E-state index in [9.17, 15) is 9.59 Å². The topological polar surface area (TPSA) is 102 Å². The number of aromatic nitrogens is 4. The first-order chi connectivity index (χ1) is 14.5. The van der Waals surface area contributed by atoms with Gasteiger partial charge in [0.1, 0.15) is 0 Å². The number of rotatable bonds is 5. The van der Waals surface area contributed by atoms with Gasteiger partial charge in [0, 0.05) is 5.54 Å². The molecule has 1 aromatic heterocycles. The zero-order chi connectivity index (χ0) is 20.7. The van der Waals surface area contributed by atoms with Crippen LogP contribution in [0.15, 0.2) is 5.16 Å². The van der Waals surface area contributed by atoms with Gasteiger partial charge in [-0.3, -0.25) is 10.1 Å². The summed E-state index contributed by atoms with van der Waals surface area (Å²) in [5, 5.41) is 18.1. The summed E-state index contributed by atoms with van der Waals surface area (Å²) in [6.07, 6.45) is 13.0. The fourth-order valence-electron chi connectivity index (χ4n) is 6.78. The largest absolute Gasteiger partial charge is 0.332 e.